The van der Waals surface area contributed by atoms with Crippen molar-refractivity contribution in [1.29, 1.82) is 0 Å². The van der Waals surface area contributed by atoms with Crippen molar-refractivity contribution in [1.82, 2.24) is 10.2 Å². The molecule has 3 nitrogen and oxygen atoms in total. The molecule has 0 aliphatic carbocycles. The van der Waals surface area contributed by atoms with Crippen LogP contribution in [0.15, 0.2) is 40.9 Å². The molecule has 1 aliphatic rings. The number of hydrogen-bond acceptors (Lipinski definition) is 2. The first-order chi connectivity index (χ1) is 15.5. The number of nitrogens with one attached hydrogen (secondary N) is 1. The van der Waals surface area contributed by atoms with E-state index >= 15 is 0 Å². The molecule has 1 N–H and O–H groups in total. The van der Waals surface area contributed by atoms with Gasteiger partial charge in [-0.2, -0.15) is 13.2 Å². The number of carbonyl (C=O) groups excluding carboxylic acids is 1. The lowest BCUT2D eigenvalue weighted by atomic mass is 9.97. The number of allylic oxidation sites excluding steroid dienone is 1. The Morgan fingerprint density at radius 1 is 1.15 bits per heavy atom. The Balaban J connectivity index is 1.78. The SMILES string of the molecule is CN1CCC(NC(=O)c2ccc(C=CC(c3cc(Cl)c(Cl)c(Cl)c3)C(F)(F)F)cc2Br)CC1. The van der Waals surface area contributed by atoms with E-state index in [2.05, 4.69) is 26.1 Å². The fourth-order valence-corrected chi connectivity index (χ4v) is 4.80. The predicted octanol–water partition coefficient (Wildman–Crippen LogP) is 7.59. The zero-order valence-corrected chi connectivity index (χ0v) is 21.4. The molecular formula is C23H21BrCl3F3N2O. The minimum Gasteiger partial charge on any atom is -0.349 e. The van der Waals surface area contributed by atoms with Crippen LogP contribution in [0.25, 0.3) is 6.08 Å². The molecule has 2 aromatic rings. The van der Waals surface area contributed by atoms with Crippen molar-refractivity contribution in [2.24, 2.45) is 0 Å². The maximum absolute atomic E-state index is 13.7. The normalized spacial score (nSPS) is 16.8. The smallest absolute Gasteiger partial charge is 0.349 e. The third-order valence-corrected chi connectivity index (χ3v) is 7.34. The topological polar surface area (TPSA) is 32.3 Å². The van der Waals surface area contributed by atoms with Crippen LogP contribution in [0.4, 0.5) is 13.2 Å². The Labute approximate surface area is 214 Å². The molecule has 1 unspecified atom stereocenters. The molecule has 1 atom stereocenters. The number of rotatable bonds is 5. The van der Waals surface area contributed by atoms with Crippen LogP contribution in [0, 0.1) is 0 Å². The fraction of sp³-hybridized carbons (Fsp3) is 0.348. The van der Waals surface area contributed by atoms with E-state index in [0.717, 1.165) is 44.1 Å². The number of alkyl halides is 3. The molecule has 0 saturated carbocycles. The zero-order chi connectivity index (χ0) is 24.3. The van der Waals surface area contributed by atoms with Crippen LogP contribution in [0.5, 0.6) is 0 Å². The van der Waals surface area contributed by atoms with Gasteiger partial charge in [0.2, 0.25) is 0 Å². The van der Waals surface area contributed by atoms with Crippen molar-refractivity contribution >= 4 is 62.7 Å². The first-order valence-corrected chi connectivity index (χ1v) is 12.1. The third-order valence-electron chi connectivity index (χ3n) is 5.49. The van der Waals surface area contributed by atoms with Crippen molar-refractivity contribution in [3.8, 4) is 0 Å². The second-order valence-corrected chi connectivity index (χ2v) is 10.0. The van der Waals surface area contributed by atoms with Gasteiger partial charge in [-0.3, -0.25) is 4.79 Å². The zero-order valence-electron chi connectivity index (χ0n) is 17.5. The van der Waals surface area contributed by atoms with Gasteiger partial charge in [0.05, 0.1) is 26.5 Å². The summed E-state index contributed by atoms with van der Waals surface area (Å²) in [6, 6.07) is 7.21. The minimum absolute atomic E-state index is 0.00466. The second kappa shape index (κ2) is 11.0. The van der Waals surface area contributed by atoms with Crippen LogP contribution in [-0.4, -0.2) is 43.2 Å². The average Bonchev–Trinajstić information content (AvgIpc) is 2.72. The van der Waals surface area contributed by atoms with E-state index in [0.29, 0.717) is 15.6 Å². The van der Waals surface area contributed by atoms with Crippen LogP contribution in [-0.2, 0) is 0 Å². The molecule has 0 aromatic heterocycles. The molecule has 1 saturated heterocycles. The van der Waals surface area contributed by atoms with Crippen LogP contribution < -0.4 is 5.32 Å². The fourth-order valence-electron chi connectivity index (χ4n) is 3.61. The maximum atomic E-state index is 13.7. The Hall–Kier alpha value is -1.25. The summed E-state index contributed by atoms with van der Waals surface area (Å²) in [6.07, 6.45) is -0.452. The first kappa shape index (κ1) is 26.4. The van der Waals surface area contributed by atoms with Crippen molar-refractivity contribution in [3.63, 3.8) is 0 Å². The van der Waals surface area contributed by atoms with E-state index in [4.69, 9.17) is 34.8 Å². The summed E-state index contributed by atoms with van der Waals surface area (Å²) < 4.78 is 41.7. The number of piperidine rings is 1. The van der Waals surface area contributed by atoms with Gasteiger partial charge >= 0.3 is 6.18 Å². The summed E-state index contributed by atoms with van der Waals surface area (Å²) >= 11 is 21.1. The lowest BCUT2D eigenvalue weighted by Gasteiger charge is -2.29. The maximum Gasteiger partial charge on any atom is 0.399 e. The Morgan fingerprint density at radius 3 is 2.30 bits per heavy atom. The van der Waals surface area contributed by atoms with E-state index in [-0.39, 0.29) is 32.6 Å². The summed E-state index contributed by atoms with van der Waals surface area (Å²) in [4.78, 5) is 14.9. The quantitative estimate of drug-likeness (QED) is 0.367. The van der Waals surface area contributed by atoms with Gasteiger partial charge in [0, 0.05) is 10.5 Å². The molecule has 1 heterocycles. The van der Waals surface area contributed by atoms with Crippen molar-refractivity contribution in [3.05, 3.63) is 72.6 Å². The number of carbonyl (C=O) groups is 1. The molecule has 178 valence electrons. The van der Waals surface area contributed by atoms with E-state index < -0.39 is 12.1 Å². The number of hydrogen-bond donors (Lipinski definition) is 1. The number of nitrogens with zero attached hydrogens (tertiary/aromatic N) is 1. The molecule has 1 fully saturated rings. The second-order valence-electron chi connectivity index (χ2n) is 7.97. The van der Waals surface area contributed by atoms with Crippen LogP contribution >= 0.6 is 50.7 Å². The minimum atomic E-state index is -4.57. The Bertz CT molecular complexity index is 1030. The highest BCUT2D eigenvalue weighted by Gasteiger charge is 2.39. The monoisotopic (exact) mass is 582 g/mol. The summed E-state index contributed by atoms with van der Waals surface area (Å²) in [5, 5.41) is 2.93. The summed E-state index contributed by atoms with van der Waals surface area (Å²) in [6.45, 7) is 1.83. The van der Waals surface area contributed by atoms with Crippen molar-refractivity contribution in [2.75, 3.05) is 20.1 Å². The van der Waals surface area contributed by atoms with Crippen LogP contribution in [0.1, 0.15) is 40.2 Å². The summed E-state index contributed by atoms with van der Waals surface area (Å²) in [7, 11) is 2.04. The van der Waals surface area contributed by atoms with Gasteiger partial charge in [-0.1, -0.05) is 53.0 Å². The molecule has 0 spiro atoms. The highest BCUT2D eigenvalue weighted by atomic mass is 79.9. The van der Waals surface area contributed by atoms with Gasteiger partial charge < -0.3 is 10.2 Å². The van der Waals surface area contributed by atoms with E-state index in [9.17, 15) is 18.0 Å². The summed E-state index contributed by atoms with van der Waals surface area (Å²) in [5.41, 5.74) is 0.805. The number of amides is 1. The van der Waals surface area contributed by atoms with Gasteiger partial charge in [-0.05, 0) is 84.3 Å². The third kappa shape index (κ3) is 6.89. The van der Waals surface area contributed by atoms with Gasteiger partial charge in [0.15, 0.2) is 0 Å². The van der Waals surface area contributed by atoms with Crippen LogP contribution in [0.3, 0.4) is 0 Å². The molecule has 0 radical (unpaired) electrons. The highest BCUT2D eigenvalue weighted by Crippen LogP contribution is 2.41. The lowest BCUT2D eigenvalue weighted by Crippen LogP contribution is -2.43. The van der Waals surface area contributed by atoms with Gasteiger partial charge in [0.1, 0.15) is 0 Å². The Morgan fingerprint density at radius 2 is 1.76 bits per heavy atom. The van der Waals surface area contributed by atoms with Crippen LogP contribution in [0.2, 0.25) is 15.1 Å². The standard InChI is InChI=1S/C23H21BrCl3F3N2O/c1-32-8-6-15(7-9-32)31-22(33)16-4-2-13(10-18(16)24)3-5-17(23(28,29)30)14-11-19(25)21(27)20(26)12-14/h2-5,10-12,15,17H,6-9H2,1H3,(H,31,33). The highest BCUT2D eigenvalue weighted by molar-refractivity contribution is 9.10. The van der Waals surface area contributed by atoms with E-state index in [1.165, 1.54) is 6.08 Å². The largest absolute Gasteiger partial charge is 0.399 e. The number of benzene rings is 2. The molecule has 2 aromatic carbocycles. The first-order valence-electron chi connectivity index (χ1n) is 10.1. The van der Waals surface area contributed by atoms with Crippen molar-refractivity contribution < 1.29 is 18.0 Å². The molecule has 1 amide bonds. The summed E-state index contributed by atoms with van der Waals surface area (Å²) in [5.74, 6) is -2.15. The molecule has 1 aliphatic heterocycles. The molecule has 10 heteroatoms. The van der Waals surface area contributed by atoms with E-state index in [1.807, 2.05) is 7.05 Å². The molecule has 0 bridgehead atoms. The Kier molecular flexibility index (Phi) is 8.78. The number of likely N-dealkylation sites (tertiary alicyclic amines) is 1. The average molecular weight is 585 g/mol. The molecule has 33 heavy (non-hydrogen) atoms. The molecule has 3 rings (SSSR count). The van der Waals surface area contributed by atoms with Gasteiger partial charge in [0.25, 0.3) is 5.91 Å². The van der Waals surface area contributed by atoms with Gasteiger partial charge in [-0.15, -0.1) is 0 Å². The number of halogens is 7. The predicted molar refractivity (Wildman–Crippen MR) is 131 cm³/mol. The molecular weight excluding hydrogens is 564 g/mol. The lowest BCUT2D eigenvalue weighted by molar-refractivity contribution is -0.139. The van der Waals surface area contributed by atoms with Crippen molar-refractivity contribution in [2.45, 2.75) is 31.0 Å². The van der Waals surface area contributed by atoms with Gasteiger partial charge in [-0.25, -0.2) is 0 Å². The van der Waals surface area contributed by atoms with E-state index in [1.54, 1.807) is 18.2 Å².